The number of nitrogens with zero attached hydrogens (tertiary/aromatic N) is 3. The molecule has 29 heavy (non-hydrogen) atoms. The lowest BCUT2D eigenvalue weighted by atomic mass is 9.72. The maximum Gasteiger partial charge on any atom is 0.269 e. The van der Waals surface area contributed by atoms with Crippen LogP contribution in [0.3, 0.4) is 0 Å². The number of piperidine rings is 2. The van der Waals surface area contributed by atoms with Crippen molar-refractivity contribution in [2.45, 2.75) is 58.0 Å². The molecule has 0 saturated carbocycles. The SMILES string of the molecule is CC1=NO[C@@](C)(C(=O)N2CCC3(CCC(=O)N(CCc4ccccc4)C3)CC2)C1. The van der Waals surface area contributed by atoms with Crippen LogP contribution in [0.5, 0.6) is 0 Å². The van der Waals surface area contributed by atoms with Crippen LogP contribution >= 0.6 is 0 Å². The smallest absolute Gasteiger partial charge is 0.269 e. The maximum absolute atomic E-state index is 13.0. The number of carbonyl (C=O) groups is 2. The van der Waals surface area contributed by atoms with Crippen molar-refractivity contribution in [1.29, 1.82) is 0 Å². The second kappa shape index (κ2) is 7.81. The lowest BCUT2D eigenvalue weighted by molar-refractivity contribution is -0.157. The van der Waals surface area contributed by atoms with Crippen molar-refractivity contribution < 1.29 is 14.4 Å². The van der Waals surface area contributed by atoms with Crippen molar-refractivity contribution in [3.05, 3.63) is 35.9 Å². The largest absolute Gasteiger partial charge is 0.379 e. The predicted octanol–water partition coefficient (Wildman–Crippen LogP) is 3.02. The van der Waals surface area contributed by atoms with E-state index in [-0.39, 0.29) is 17.2 Å². The van der Waals surface area contributed by atoms with Crippen LogP contribution in [0, 0.1) is 5.41 Å². The Morgan fingerprint density at radius 1 is 1.17 bits per heavy atom. The van der Waals surface area contributed by atoms with E-state index < -0.39 is 5.60 Å². The number of amides is 2. The average Bonchev–Trinajstić information content (AvgIpc) is 3.09. The summed E-state index contributed by atoms with van der Waals surface area (Å²) < 4.78 is 0. The highest BCUT2D eigenvalue weighted by atomic mass is 16.7. The normalized spacial score (nSPS) is 26.4. The van der Waals surface area contributed by atoms with E-state index in [9.17, 15) is 9.59 Å². The molecule has 1 spiro atoms. The molecule has 156 valence electrons. The fourth-order valence-corrected chi connectivity index (χ4v) is 4.99. The second-order valence-electron chi connectivity index (χ2n) is 9.17. The van der Waals surface area contributed by atoms with Crippen LogP contribution < -0.4 is 0 Å². The first kappa shape index (κ1) is 19.9. The van der Waals surface area contributed by atoms with Crippen molar-refractivity contribution in [2.75, 3.05) is 26.2 Å². The summed E-state index contributed by atoms with van der Waals surface area (Å²) in [6, 6.07) is 10.3. The Balaban J connectivity index is 1.34. The molecule has 2 amide bonds. The predicted molar refractivity (Wildman–Crippen MR) is 111 cm³/mol. The van der Waals surface area contributed by atoms with Gasteiger partial charge in [0.1, 0.15) is 0 Å². The Hall–Kier alpha value is -2.37. The summed E-state index contributed by atoms with van der Waals surface area (Å²) in [6.45, 7) is 6.79. The topological polar surface area (TPSA) is 62.2 Å². The zero-order chi connectivity index (χ0) is 20.5. The van der Waals surface area contributed by atoms with Crippen LogP contribution in [-0.4, -0.2) is 59.1 Å². The molecule has 0 unspecified atom stereocenters. The van der Waals surface area contributed by atoms with Gasteiger partial charge in [0.15, 0.2) is 0 Å². The Labute approximate surface area is 172 Å². The van der Waals surface area contributed by atoms with Crippen LogP contribution in [0.2, 0.25) is 0 Å². The summed E-state index contributed by atoms with van der Waals surface area (Å²) in [5, 5.41) is 3.98. The van der Waals surface area contributed by atoms with Gasteiger partial charge in [0.2, 0.25) is 11.5 Å². The standard InChI is InChI=1S/C23H31N3O3/c1-18-16-22(2,29-24-18)21(28)25-14-11-23(12-15-25)10-8-20(27)26(17-23)13-9-19-6-4-3-5-7-19/h3-7H,8-17H2,1-2H3/t22-/m1/s1. The minimum atomic E-state index is -0.848. The number of hydrogen-bond donors (Lipinski definition) is 0. The molecule has 0 N–H and O–H groups in total. The van der Waals surface area contributed by atoms with Gasteiger partial charge in [-0.05, 0) is 50.5 Å². The van der Waals surface area contributed by atoms with E-state index in [0.717, 1.165) is 57.6 Å². The molecular formula is C23H31N3O3. The molecule has 1 aromatic rings. The Kier molecular flexibility index (Phi) is 5.36. The number of oxime groups is 1. The summed E-state index contributed by atoms with van der Waals surface area (Å²) in [6.07, 6.45) is 4.91. The summed E-state index contributed by atoms with van der Waals surface area (Å²) >= 11 is 0. The van der Waals surface area contributed by atoms with Gasteiger partial charge in [0.25, 0.3) is 5.91 Å². The zero-order valence-corrected chi connectivity index (χ0v) is 17.5. The molecule has 2 saturated heterocycles. The molecule has 0 aromatic heterocycles. The van der Waals surface area contributed by atoms with Gasteiger partial charge in [-0.3, -0.25) is 9.59 Å². The number of benzene rings is 1. The Morgan fingerprint density at radius 3 is 2.55 bits per heavy atom. The molecule has 1 atom stereocenters. The van der Waals surface area contributed by atoms with Crippen LogP contribution in [0.4, 0.5) is 0 Å². The first-order valence-corrected chi connectivity index (χ1v) is 10.7. The van der Waals surface area contributed by atoms with Crippen LogP contribution in [-0.2, 0) is 20.8 Å². The molecule has 6 nitrogen and oxygen atoms in total. The summed E-state index contributed by atoms with van der Waals surface area (Å²) in [4.78, 5) is 34.9. The van der Waals surface area contributed by atoms with E-state index in [1.165, 1.54) is 5.56 Å². The van der Waals surface area contributed by atoms with Crippen LogP contribution in [0.25, 0.3) is 0 Å². The van der Waals surface area contributed by atoms with E-state index in [4.69, 9.17) is 4.84 Å². The molecule has 0 aliphatic carbocycles. The molecule has 1 aromatic carbocycles. The molecule has 0 radical (unpaired) electrons. The van der Waals surface area contributed by atoms with E-state index in [1.807, 2.05) is 41.8 Å². The van der Waals surface area contributed by atoms with Crippen LogP contribution in [0.1, 0.15) is 51.5 Å². The first-order valence-electron chi connectivity index (χ1n) is 10.7. The third-order valence-corrected chi connectivity index (χ3v) is 6.82. The number of carbonyl (C=O) groups excluding carboxylic acids is 2. The highest BCUT2D eigenvalue weighted by Gasteiger charge is 2.47. The molecule has 4 rings (SSSR count). The number of rotatable bonds is 4. The van der Waals surface area contributed by atoms with Crippen molar-refractivity contribution in [3.63, 3.8) is 0 Å². The zero-order valence-electron chi connectivity index (χ0n) is 17.5. The maximum atomic E-state index is 13.0. The molecular weight excluding hydrogens is 366 g/mol. The van der Waals surface area contributed by atoms with Gasteiger partial charge in [-0.15, -0.1) is 0 Å². The lowest BCUT2D eigenvalue weighted by Crippen LogP contribution is -2.55. The van der Waals surface area contributed by atoms with Crippen molar-refractivity contribution in [1.82, 2.24) is 9.80 Å². The Morgan fingerprint density at radius 2 is 1.90 bits per heavy atom. The number of hydrogen-bond acceptors (Lipinski definition) is 4. The highest BCUT2D eigenvalue weighted by Crippen LogP contribution is 2.41. The van der Waals surface area contributed by atoms with E-state index >= 15 is 0 Å². The summed E-state index contributed by atoms with van der Waals surface area (Å²) in [5.74, 6) is 0.310. The average molecular weight is 398 g/mol. The van der Waals surface area contributed by atoms with Gasteiger partial charge < -0.3 is 14.6 Å². The third-order valence-electron chi connectivity index (χ3n) is 6.82. The molecule has 2 fully saturated rings. The van der Waals surface area contributed by atoms with Gasteiger partial charge in [-0.2, -0.15) is 0 Å². The minimum Gasteiger partial charge on any atom is -0.379 e. The van der Waals surface area contributed by atoms with Crippen molar-refractivity contribution in [3.8, 4) is 0 Å². The minimum absolute atomic E-state index is 0.0424. The van der Waals surface area contributed by atoms with E-state index in [0.29, 0.717) is 12.8 Å². The Bertz CT molecular complexity index is 799. The van der Waals surface area contributed by atoms with E-state index in [1.54, 1.807) is 0 Å². The fraction of sp³-hybridized carbons (Fsp3) is 0.609. The van der Waals surface area contributed by atoms with Gasteiger partial charge in [0, 0.05) is 39.0 Å². The van der Waals surface area contributed by atoms with Crippen LogP contribution in [0.15, 0.2) is 35.5 Å². The molecule has 3 aliphatic rings. The highest BCUT2D eigenvalue weighted by molar-refractivity contribution is 5.94. The molecule has 0 bridgehead atoms. The quantitative estimate of drug-likeness (QED) is 0.785. The molecule has 3 heterocycles. The summed E-state index contributed by atoms with van der Waals surface area (Å²) in [7, 11) is 0. The second-order valence-corrected chi connectivity index (χ2v) is 9.17. The van der Waals surface area contributed by atoms with Gasteiger partial charge >= 0.3 is 0 Å². The molecule has 6 heteroatoms. The summed E-state index contributed by atoms with van der Waals surface area (Å²) in [5.41, 5.74) is 1.43. The van der Waals surface area contributed by atoms with Gasteiger partial charge in [-0.25, -0.2) is 0 Å². The van der Waals surface area contributed by atoms with Crippen molar-refractivity contribution >= 4 is 17.5 Å². The fourth-order valence-electron chi connectivity index (χ4n) is 4.99. The number of likely N-dealkylation sites (tertiary alicyclic amines) is 2. The van der Waals surface area contributed by atoms with Gasteiger partial charge in [-0.1, -0.05) is 35.5 Å². The van der Waals surface area contributed by atoms with E-state index in [2.05, 4.69) is 17.3 Å². The lowest BCUT2D eigenvalue weighted by Gasteiger charge is -2.48. The monoisotopic (exact) mass is 397 g/mol. The molecule has 3 aliphatic heterocycles. The first-order chi connectivity index (χ1) is 13.9. The van der Waals surface area contributed by atoms with Crippen molar-refractivity contribution in [2.24, 2.45) is 10.6 Å². The third kappa shape index (κ3) is 4.16. The van der Waals surface area contributed by atoms with Gasteiger partial charge in [0.05, 0.1) is 5.71 Å².